The molecule has 102 valence electrons. The van der Waals surface area contributed by atoms with Gasteiger partial charge in [-0.3, -0.25) is 9.59 Å². The number of carbonyl (C=O) groups excluding carboxylic acids is 1. The van der Waals surface area contributed by atoms with Gasteiger partial charge in [0.25, 0.3) is 0 Å². The first-order valence-corrected chi connectivity index (χ1v) is 6.59. The fourth-order valence-corrected chi connectivity index (χ4v) is 1.98. The molecular formula is C14H23NO3. The summed E-state index contributed by atoms with van der Waals surface area (Å²) in [7, 11) is 0. The van der Waals surface area contributed by atoms with Crippen LogP contribution in [0.2, 0.25) is 0 Å². The predicted octanol–water partition coefficient (Wildman–Crippen LogP) is 2.21. The van der Waals surface area contributed by atoms with Crippen molar-refractivity contribution in [2.24, 2.45) is 17.8 Å². The summed E-state index contributed by atoms with van der Waals surface area (Å²) in [6, 6.07) is 0. The molecule has 1 atom stereocenters. The van der Waals surface area contributed by atoms with Crippen LogP contribution in [0.25, 0.3) is 0 Å². The SMILES string of the molecule is C/C(=C\C(=O)NC[C@@H](CC(C)C)C(=O)O)C1CC1. The van der Waals surface area contributed by atoms with Crippen LogP contribution >= 0.6 is 0 Å². The van der Waals surface area contributed by atoms with Crippen molar-refractivity contribution in [3.8, 4) is 0 Å². The number of hydrogen-bond donors (Lipinski definition) is 2. The topological polar surface area (TPSA) is 66.4 Å². The molecule has 1 fully saturated rings. The molecule has 0 unspecified atom stereocenters. The third kappa shape index (κ3) is 5.34. The smallest absolute Gasteiger partial charge is 0.308 e. The Morgan fingerprint density at radius 2 is 2.00 bits per heavy atom. The maximum absolute atomic E-state index is 11.6. The van der Waals surface area contributed by atoms with Gasteiger partial charge >= 0.3 is 5.97 Å². The number of carboxylic acids is 1. The first-order chi connectivity index (χ1) is 8.40. The lowest BCUT2D eigenvalue weighted by atomic mass is 9.97. The van der Waals surface area contributed by atoms with Crippen molar-refractivity contribution in [3.05, 3.63) is 11.6 Å². The quantitative estimate of drug-likeness (QED) is 0.684. The first kappa shape index (κ1) is 14.7. The van der Waals surface area contributed by atoms with E-state index in [-0.39, 0.29) is 12.5 Å². The number of nitrogens with one attached hydrogen (secondary N) is 1. The van der Waals surface area contributed by atoms with Gasteiger partial charge in [0.1, 0.15) is 0 Å². The van der Waals surface area contributed by atoms with Crippen molar-refractivity contribution >= 4 is 11.9 Å². The molecular weight excluding hydrogens is 230 g/mol. The van der Waals surface area contributed by atoms with Crippen LogP contribution in [0.15, 0.2) is 11.6 Å². The second-order valence-corrected chi connectivity index (χ2v) is 5.57. The number of amides is 1. The van der Waals surface area contributed by atoms with E-state index in [1.54, 1.807) is 6.08 Å². The summed E-state index contributed by atoms with van der Waals surface area (Å²) in [5.41, 5.74) is 1.10. The Bertz CT molecular complexity index is 343. The van der Waals surface area contributed by atoms with Crippen LogP contribution in [-0.2, 0) is 9.59 Å². The minimum Gasteiger partial charge on any atom is -0.481 e. The maximum Gasteiger partial charge on any atom is 0.308 e. The summed E-state index contributed by atoms with van der Waals surface area (Å²) in [6.45, 7) is 6.13. The molecule has 0 heterocycles. The Balaban J connectivity index is 2.39. The minimum absolute atomic E-state index is 0.172. The van der Waals surface area contributed by atoms with E-state index in [2.05, 4.69) is 5.32 Å². The van der Waals surface area contributed by atoms with E-state index < -0.39 is 11.9 Å². The molecule has 0 radical (unpaired) electrons. The standard InChI is InChI=1S/C14H23NO3/c1-9(2)6-12(14(17)18)8-15-13(16)7-10(3)11-4-5-11/h7,9,11-12H,4-6,8H2,1-3H3,(H,15,16)(H,17,18)/b10-7+/t12-/m1/s1. The van der Waals surface area contributed by atoms with E-state index in [4.69, 9.17) is 5.11 Å². The normalized spacial score (nSPS) is 17.7. The molecule has 0 spiro atoms. The number of carbonyl (C=O) groups is 2. The zero-order valence-electron chi connectivity index (χ0n) is 11.4. The zero-order valence-corrected chi connectivity index (χ0v) is 11.4. The molecule has 1 aliphatic carbocycles. The summed E-state index contributed by atoms with van der Waals surface area (Å²) in [5.74, 6) is -0.627. The Labute approximate surface area is 108 Å². The number of hydrogen-bond acceptors (Lipinski definition) is 2. The van der Waals surface area contributed by atoms with Crippen LogP contribution in [0.1, 0.15) is 40.0 Å². The molecule has 0 aromatic heterocycles. The Morgan fingerprint density at radius 3 is 2.44 bits per heavy atom. The molecule has 4 heteroatoms. The summed E-state index contributed by atoms with van der Waals surface area (Å²) in [4.78, 5) is 22.6. The van der Waals surface area contributed by atoms with E-state index in [1.807, 2.05) is 20.8 Å². The maximum atomic E-state index is 11.6. The summed E-state index contributed by atoms with van der Waals surface area (Å²) in [6.07, 6.45) is 4.52. The highest BCUT2D eigenvalue weighted by atomic mass is 16.4. The van der Waals surface area contributed by atoms with E-state index in [1.165, 1.54) is 12.8 Å². The van der Waals surface area contributed by atoms with Crippen LogP contribution < -0.4 is 5.32 Å². The molecule has 18 heavy (non-hydrogen) atoms. The molecule has 0 aliphatic heterocycles. The minimum atomic E-state index is -0.841. The Hall–Kier alpha value is -1.32. The van der Waals surface area contributed by atoms with Gasteiger partial charge in [0.05, 0.1) is 5.92 Å². The van der Waals surface area contributed by atoms with Crippen molar-refractivity contribution in [2.75, 3.05) is 6.54 Å². The molecule has 0 bridgehead atoms. The highest BCUT2D eigenvalue weighted by Gasteiger charge is 2.24. The van der Waals surface area contributed by atoms with Gasteiger partial charge in [-0.05, 0) is 38.0 Å². The van der Waals surface area contributed by atoms with Crippen LogP contribution in [0.4, 0.5) is 0 Å². The van der Waals surface area contributed by atoms with E-state index in [0.717, 1.165) is 5.57 Å². The molecule has 1 amide bonds. The summed E-state index contributed by atoms with van der Waals surface area (Å²) in [5, 5.41) is 11.7. The Kier molecular flexibility index (Phi) is 5.38. The van der Waals surface area contributed by atoms with E-state index >= 15 is 0 Å². The molecule has 1 aliphatic rings. The molecule has 1 rings (SSSR count). The van der Waals surface area contributed by atoms with Gasteiger partial charge in [0, 0.05) is 12.6 Å². The van der Waals surface area contributed by atoms with Crippen LogP contribution in [0, 0.1) is 17.8 Å². The van der Waals surface area contributed by atoms with Gasteiger partial charge in [-0.2, -0.15) is 0 Å². The Morgan fingerprint density at radius 1 is 1.39 bits per heavy atom. The summed E-state index contributed by atoms with van der Waals surface area (Å²) < 4.78 is 0. The highest BCUT2D eigenvalue weighted by Crippen LogP contribution is 2.35. The van der Waals surface area contributed by atoms with E-state index in [0.29, 0.717) is 18.3 Å². The van der Waals surface area contributed by atoms with Crippen molar-refractivity contribution in [1.29, 1.82) is 0 Å². The number of carboxylic acid groups (broad SMARTS) is 1. The van der Waals surface area contributed by atoms with Crippen molar-refractivity contribution < 1.29 is 14.7 Å². The monoisotopic (exact) mass is 253 g/mol. The molecule has 2 N–H and O–H groups in total. The third-order valence-electron chi connectivity index (χ3n) is 3.21. The average molecular weight is 253 g/mol. The molecule has 0 aromatic carbocycles. The highest BCUT2D eigenvalue weighted by molar-refractivity contribution is 5.88. The molecule has 1 saturated carbocycles. The molecule has 0 saturated heterocycles. The number of rotatable bonds is 7. The van der Waals surface area contributed by atoms with Crippen molar-refractivity contribution in [2.45, 2.75) is 40.0 Å². The van der Waals surface area contributed by atoms with Gasteiger partial charge in [0.15, 0.2) is 0 Å². The van der Waals surface area contributed by atoms with Crippen molar-refractivity contribution in [3.63, 3.8) is 0 Å². The van der Waals surface area contributed by atoms with Gasteiger partial charge in [-0.25, -0.2) is 0 Å². The third-order valence-corrected chi connectivity index (χ3v) is 3.21. The van der Waals surface area contributed by atoms with E-state index in [9.17, 15) is 9.59 Å². The predicted molar refractivity (Wildman–Crippen MR) is 70.1 cm³/mol. The molecule has 0 aromatic rings. The summed E-state index contributed by atoms with van der Waals surface area (Å²) >= 11 is 0. The van der Waals surface area contributed by atoms with Gasteiger partial charge < -0.3 is 10.4 Å². The van der Waals surface area contributed by atoms with Gasteiger partial charge in [-0.1, -0.05) is 19.4 Å². The largest absolute Gasteiger partial charge is 0.481 e. The van der Waals surface area contributed by atoms with Crippen LogP contribution in [0.5, 0.6) is 0 Å². The number of aliphatic carboxylic acids is 1. The lowest BCUT2D eigenvalue weighted by Crippen LogP contribution is -2.32. The van der Waals surface area contributed by atoms with Crippen LogP contribution in [0.3, 0.4) is 0 Å². The fourth-order valence-electron chi connectivity index (χ4n) is 1.98. The van der Waals surface area contributed by atoms with Gasteiger partial charge in [-0.15, -0.1) is 0 Å². The van der Waals surface area contributed by atoms with Crippen molar-refractivity contribution in [1.82, 2.24) is 5.32 Å². The lowest BCUT2D eigenvalue weighted by Gasteiger charge is -2.14. The van der Waals surface area contributed by atoms with Crippen LogP contribution in [-0.4, -0.2) is 23.5 Å². The fraction of sp³-hybridized carbons (Fsp3) is 0.714. The zero-order chi connectivity index (χ0) is 13.7. The van der Waals surface area contributed by atoms with Gasteiger partial charge in [0.2, 0.25) is 5.91 Å². The molecule has 4 nitrogen and oxygen atoms in total. The second kappa shape index (κ2) is 6.57. The average Bonchev–Trinajstić information content (AvgIpc) is 3.06. The lowest BCUT2D eigenvalue weighted by molar-refractivity contribution is -0.142. The number of allylic oxidation sites excluding steroid dienone is 1. The second-order valence-electron chi connectivity index (χ2n) is 5.57. The first-order valence-electron chi connectivity index (χ1n) is 6.59.